The van der Waals surface area contributed by atoms with E-state index in [2.05, 4.69) is 13.2 Å². The number of β-lactam (4-membered cyclic amide) rings is 1. The molecular formula is C27H33NO8. The molecule has 3 rings (SSSR count). The number of amides is 1. The summed E-state index contributed by atoms with van der Waals surface area (Å²) in [6.07, 6.45) is 1.77. The Morgan fingerprint density at radius 3 is 2.53 bits per heavy atom. The molecule has 2 aliphatic rings. The zero-order valence-electron chi connectivity index (χ0n) is 20.9. The third kappa shape index (κ3) is 5.46. The maximum Gasteiger partial charge on any atom is 0.508 e. The second-order valence-corrected chi connectivity index (χ2v) is 8.81. The number of aryl methyl sites for hydroxylation is 1. The number of esters is 1. The lowest BCUT2D eigenvalue weighted by Gasteiger charge is -2.47. The van der Waals surface area contributed by atoms with Gasteiger partial charge in [-0.05, 0) is 37.5 Å². The van der Waals surface area contributed by atoms with Crippen molar-refractivity contribution < 1.29 is 38.4 Å². The molecule has 0 saturated carbocycles. The molecule has 9 heteroatoms. The number of benzene rings is 1. The summed E-state index contributed by atoms with van der Waals surface area (Å²) in [4.78, 5) is 39.4. The van der Waals surface area contributed by atoms with Gasteiger partial charge in [0.2, 0.25) is 5.91 Å². The van der Waals surface area contributed by atoms with Crippen molar-refractivity contribution in [3.63, 3.8) is 0 Å². The van der Waals surface area contributed by atoms with E-state index in [9.17, 15) is 14.4 Å². The predicted molar refractivity (Wildman–Crippen MR) is 131 cm³/mol. The second kappa shape index (κ2) is 11.9. The van der Waals surface area contributed by atoms with Crippen molar-refractivity contribution in [1.29, 1.82) is 0 Å². The second-order valence-electron chi connectivity index (χ2n) is 8.81. The SMILES string of the molecule is C=CCOC(=O)OC(C)C1C(=O)N2C(C(=O)OCC=C)=C(COc3ccc(CCO)cc3C)C(C)C12. The highest BCUT2D eigenvalue weighted by Gasteiger charge is 2.61. The maximum atomic E-state index is 13.1. The van der Waals surface area contributed by atoms with Gasteiger partial charge in [0.25, 0.3) is 0 Å². The van der Waals surface area contributed by atoms with E-state index in [0.717, 1.165) is 11.1 Å². The molecule has 1 aromatic rings. The normalized spacial score (nSPS) is 21.3. The fourth-order valence-corrected chi connectivity index (χ4v) is 4.71. The summed E-state index contributed by atoms with van der Waals surface area (Å²) >= 11 is 0. The third-order valence-electron chi connectivity index (χ3n) is 6.45. The molecule has 2 aliphatic heterocycles. The fourth-order valence-electron chi connectivity index (χ4n) is 4.71. The van der Waals surface area contributed by atoms with Crippen molar-refractivity contribution in [3.8, 4) is 5.75 Å². The van der Waals surface area contributed by atoms with E-state index < -0.39 is 30.2 Å². The van der Waals surface area contributed by atoms with Crippen LogP contribution >= 0.6 is 0 Å². The number of aliphatic hydroxyl groups excluding tert-OH is 1. The van der Waals surface area contributed by atoms with Crippen LogP contribution in [0.15, 0.2) is 54.8 Å². The number of rotatable bonds is 12. The van der Waals surface area contributed by atoms with Crippen LogP contribution in [0.3, 0.4) is 0 Å². The Morgan fingerprint density at radius 1 is 1.19 bits per heavy atom. The van der Waals surface area contributed by atoms with Gasteiger partial charge in [-0.15, -0.1) is 0 Å². The van der Waals surface area contributed by atoms with Gasteiger partial charge in [0.15, 0.2) is 0 Å². The number of aliphatic hydroxyl groups is 1. The molecule has 0 bridgehead atoms. The molecule has 4 unspecified atom stereocenters. The smallest absolute Gasteiger partial charge is 0.489 e. The largest absolute Gasteiger partial charge is 0.508 e. The number of carbonyl (C=O) groups excluding carboxylic acids is 3. The van der Waals surface area contributed by atoms with Crippen LogP contribution in [-0.2, 0) is 30.2 Å². The molecule has 1 saturated heterocycles. The van der Waals surface area contributed by atoms with Crippen LogP contribution in [-0.4, -0.2) is 66.6 Å². The number of hydrogen-bond donors (Lipinski definition) is 1. The van der Waals surface area contributed by atoms with Crippen LogP contribution in [0, 0.1) is 18.8 Å². The molecule has 1 amide bonds. The van der Waals surface area contributed by atoms with Crippen molar-refractivity contribution in [1.82, 2.24) is 4.90 Å². The topological polar surface area (TPSA) is 112 Å². The van der Waals surface area contributed by atoms with E-state index >= 15 is 0 Å². The number of nitrogens with zero attached hydrogens (tertiary/aromatic N) is 1. The fraction of sp³-hybridized carbons (Fsp3) is 0.444. The van der Waals surface area contributed by atoms with Crippen LogP contribution in [0.1, 0.15) is 25.0 Å². The molecule has 36 heavy (non-hydrogen) atoms. The van der Waals surface area contributed by atoms with Gasteiger partial charge >= 0.3 is 12.1 Å². The van der Waals surface area contributed by atoms with Gasteiger partial charge in [-0.2, -0.15) is 0 Å². The van der Waals surface area contributed by atoms with Crippen molar-refractivity contribution >= 4 is 18.0 Å². The predicted octanol–water partition coefficient (Wildman–Crippen LogP) is 3.10. The average molecular weight is 500 g/mol. The lowest BCUT2D eigenvalue weighted by atomic mass is 9.77. The standard InChI is InChI=1S/C27H33NO8/c1-6-12-33-26(31)24-20(15-35-21-9-8-19(10-11-29)14-16(21)3)17(4)23-22(25(30)28(23)24)18(5)36-27(32)34-13-7-2/h6-9,14,17-18,22-23,29H,1-2,10-13,15H2,3-5H3. The molecule has 2 heterocycles. The van der Waals surface area contributed by atoms with Gasteiger partial charge < -0.3 is 29.0 Å². The van der Waals surface area contributed by atoms with Crippen LogP contribution in [0.5, 0.6) is 5.75 Å². The third-order valence-corrected chi connectivity index (χ3v) is 6.45. The molecule has 1 aromatic carbocycles. The lowest BCUT2D eigenvalue weighted by Crippen LogP contribution is -2.64. The molecule has 1 fully saturated rings. The molecule has 0 radical (unpaired) electrons. The molecule has 0 spiro atoms. The van der Waals surface area contributed by atoms with E-state index in [0.29, 0.717) is 17.7 Å². The summed E-state index contributed by atoms with van der Waals surface area (Å²) in [7, 11) is 0. The van der Waals surface area contributed by atoms with Crippen molar-refractivity contribution in [3.05, 3.63) is 65.9 Å². The zero-order chi connectivity index (χ0) is 26.4. The molecular weight excluding hydrogens is 466 g/mol. The van der Waals surface area contributed by atoms with Gasteiger partial charge in [0.05, 0.1) is 12.0 Å². The molecule has 4 atom stereocenters. The number of hydrogen-bond acceptors (Lipinski definition) is 8. The first kappa shape index (κ1) is 27.0. The van der Waals surface area contributed by atoms with E-state index in [1.807, 2.05) is 32.0 Å². The highest BCUT2D eigenvalue weighted by Crippen LogP contribution is 2.48. The highest BCUT2D eigenvalue weighted by atomic mass is 16.7. The summed E-state index contributed by atoms with van der Waals surface area (Å²) in [5.74, 6) is -1.22. The minimum Gasteiger partial charge on any atom is -0.489 e. The van der Waals surface area contributed by atoms with Gasteiger partial charge in [0, 0.05) is 18.1 Å². The van der Waals surface area contributed by atoms with E-state index in [4.69, 9.17) is 24.1 Å². The maximum absolute atomic E-state index is 13.1. The van der Waals surface area contributed by atoms with Crippen LogP contribution in [0.2, 0.25) is 0 Å². The van der Waals surface area contributed by atoms with Crippen molar-refractivity contribution in [2.24, 2.45) is 11.8 Å². The molecule has 0 aromatic heterocycles. The van der Waals surface area contributed by atoms with Gasteiger partial charge in [0.1, 0.15) is 37.4 Å². The summed E-state index contributed by atoms with van der Waals surface area (Å²) in [6, 6.07) is 5.25. The molecule has 1 N–H and O–H groups in total. The average Bonchev–Trinajstić information content (AvgIpc) is 3.08. The van der Waals surface area contributed by atoms with Crippen LogP contribution < -0.4 is 4.74 Å². The summed E-state index contributed by atoms with van der Waals surface area (Å²) in [5, 5.41) is 9.16. The Balaban J connectivity index is 1.81. The van der Waals surface area contributed by atoms with Crippen LogP contribution in [0.25, 0.3) is 0 Å². The van der Waals surface area contributed by atoms with E-state index in [1.54, 1.807) is 6.92 Å². The summed E-state index contributed by atoms with van der Waals surface area (Å²) < 4.78 is 21.5. The van der Waals surface area contributed by atoms with E-state index in [-0.39, 0.29) is 43.9 Å². The van der Waals surface area contributed by atoms with Crippen LogP contribution in [0.4, 0.5) is 4.79 Å². The minimum absolute atomic E-state index is 0.00105. The minimum atomic E-state index is -0.887. The monoisotopic (exact) mass is 499 g/mol. The van der Waals surface area contributed by atoms with E-state index in [1.165, 1.54) is 17.1 Å². The zero-order valence-corrected chi connectivity index (χ0v) is 20.9. The number of carbonyl (C=O) groups is 3. The first-order valence-electron chi connectivity index (χ1n) is 11.9. The Labute approximate surface area is 211 Å². The Hall–Kier alpha value is -3.59. The molecule has 9 nitrogen and oxygen atoms in total. The Bertz CT molecular complexity index is 1060. The Morgan fingerprint density at radius 2 is 1.89 bits per heavy atom. The quantitative estimate of drug-likeness (QED) is 0.265. The number of fused-ring (bicyclic) bond motifs is 1. The molecule has 0 aliphatic carbocycles. The first-order valence-corrected chi connectivity index (χ1v) is 11.9. The number of ether oxygens (including phenoxy) is 4. The summed E-state index contributed by atoms with van der Waals surface area (Å²) in [5.41, 5.74) is 2.67. The summed E-state index contributed by atoms with van der Waals surface area (Å²) in [6.45, 7) is 12.6. The highest BCUT2D eigenvalue weighted by molar-refractivity contribution is 6.01. The first-order chi connectivity index (χ1) is 17.2. The lowest BCUT2D eigenvalue weighted by molar-refractivity contribution is -0.164. The van der Waals surface area contributed by atoms with Gasteiger partial charge in [-0.1, -0.05) is 44.4 Å². The van der Waals surface area contributed by atoms with Crippen molar-refractivity contribution in [2.45, 2.75) is 39.3 Å². The van der Waals surface area contributed by atoms with Crippen molar-refractivity contribution in [2.75, 3.05) is 26.4 Å². The Kier molecular flexibility index (Phi) is 8.93. The van der Waals surface area contributed by atoms with Gasteiger partial charge in [-0.25, -0.2) is 9.59 Å². The van der Waals surface area contributed by atoms with Gasteiger partial charge in [-0.3, -0.25) is 4.79 Å². The molecule has 194 valence electrons.